The minimum absolute atomic E-state index is 0.148. The van der Waals surface area contributed by atoms with Gasteiger partial charge >= 0.3 is 0 Å². The Bertz CT molecular complexity index is 399. The maximum Gasteiger partial charge on any atom is 0.269 e. The molecule has 0 aliphatic rings. The number of nitrogens with zero attached hydrogens (tertiary/aromatic N) is 1. The van der Waals surface area contributed by atoms with E-state index in [2.05, 4.69) is 5.16 Å². The number of benzene rings is 1. The molecule has 16 heavy (non-hydrogen) atoms. The van der Waals surface area contributed by atoms with Crippen LogP contribution in [0.1, 0.15) is 12.5 Å². The minimum Gasteiger partial charge on any atom is -0.391 e. The molecule has 0 aliphatic carbocycles. The topological polar surface area (TPSA) is 38.7 Å². The molecule has 1 aromatic carbocycles. The van der Waals surface area contributed by atoms with E-state index in [0.717, 1.165) is 5.56 Å². The molecule has 0 bridgehead atoms. The lowest BCUT2D eigenvalue weighted by atomic mass is 10.2. The lowest BCUT2D eigenvalue weighted by Gasteiger charge is -1.95. The average molecular weight is 238 g/mol. The largest absolute Gasteiger partial charge is 0.391 e. The Kier molecular flexibility index (Phi) is 5.29. The van der Waals surface area contributed by atoms with Gasteiger partial charge < -0.3 is 4.84 Å². The summed E-state index contributed by atoms with van der Waals surface area (Å²) in [5.74, 6) is 0. The third kappa shape index (κ3) is 4.75. The zero-order valence-electron chi connectivity index (χ0n) is 8.89. The number of rotatable bonds is 5. The second-order valence-corrected chi connectivity index (χ2v) is 3.40. The molecule has 0 N–H and O–H groups in total. The molecule has 4 heteroatoms. The Morgan fingerprint density at radius 3 is 2.75 bits per heavy atom. The van der Waals surface area contributed by atoms with Crippen LogP contribution in [0.4, 0.5) is 0 Å². The van der Waals surface area contributed by atoms with Gasteiger partial charge in [-0.1, -0.05) is 41.6 Å². The Balaban J connectivity index is 2.34. The molecule has 0 aromatic heterocycles. The smallest absolute Gasteiger partial charge is 0.269 e. The first kappa shape index (κ1) is 12.5. The number of carbonyl (C=O) groups excluding carboxylic acids is 1. The van der Waals surface area contributed by atoms with Gasteiger partial charge in [-0.05, 0) is 30.2 Å². The van der Waals surface area contributed by atoms with Gasteiger partial charge in [0.15, 0.2) is 0 Å². The zero-order valence-corrected chi connectivity index (χ0v) is 9.65. The van der Waals surface area contributed by atoms with E-state index in [9.17, 15) is 4.79 Å². The Morgan fingerprint density at radius 2 is 2.12 bits per heavy atom. The molecule has 1 rings (SSSR count). The molecule has 0 spiro atoms. The Labute approximate surface area is 99.4 Å². The third-order valence-corrected chi connectivity index (χ3v) is 2.04. The van der Waals surface area contributed by atoms with Crippen molar-refractivity contribution in [1.29, 1.82) is 0 Å². The van der Waals surface area contributed by atoms with Crippen molar-refractivity contribution in [3.8, 4) is 0 Å². The molecule has 1 aromatic rings. The normalized spacial score (nSPS) is 11.8. The standard InChI is InChI=1S/C12H12ClNO2/c1-10(12(13)15)14-16-9-5-8-11-6-3-2-4-7-11/h2-8H,9H2,1H3/b8-5+,14-10-. The van der Waals surface area contributed by atoms with Crippen molar-refractivity contribution < 1.29 is 9.63 Å². The van der Waals surface area contributed by atoms with Crippen LogP contribution in [0.5, 0.6) is 0 Å². The van der Waals surface area contributed by atoms with Gasteiger partial charge in [0, 0.05) is 0 Å². The van der Waals surface area contributed by atoms with E-state index in [1.807, 2.05) is 42.5 Å². The maximum atomic E-state index is 10.6. The molecule has 0 saturated carbocycles. The zero-order chi connectivity index (χ0) is 11.8. The predicted molar refractivity (Wildman–Crippen MR) is 65.4 cm³/mol. The van der Waals surface area contributed by atoms with Crippen molar-refractivity contribution in [3.05, 3.63) is 42.0 Å². The first-order chi connectivity index (χ1) is 7.70. The molecule has 0 unspecified atom stereocenters. The number of hydrogen-bond acceptors (Lipinski definition) is 3. The summed E-state index contributed by atoms with van der Waals surface area (Å²) in [6.45, 7) is 1.80. The summed E-state index contributed by atoms with van der Waals surface area (Å²) in [5, 5.41) is 2.93. The average Bonchev–Trinajstić information content (AvgIpc) is 2.29. The molecule has 3 nitrogen and oxygen atoms in total. The van der Waals surface area contributed by atoms with Crippen molar-refractivity contribution >= 4 is 28.6 Å². The van der Waals surface area contributed by atoms with Crippen LogP contribution >= 0.6 is 11.6 Å². The Hall–Kier alpha value is -1.61. The Morgan fingerprint density at radius 1 is 1.44 bits per heavy atom. The second-order valence-electron chi connectivity index (χ2n) is 3.06. The fourth-order valence-corrected chi connectivity index (χ4v) is 0.996. The highest BCUT2D eigenvalue weighted by Crippen LogP contribution is 2.00. The van der Waals surface area contributed by atoms with E-state index in [4.69, 9.17) is 16.4 Å². The third-order valence-electron chi connectivity index (χ3n) is 1.77. The maximum absolute atomic E-state index is 10.6. The van der Waals surface area contributed by atoms with E-state index >= 15 is 0 Å². The molecular weight excluding hydrogens is 226 g/mol. The molecule has 0 radical (unpaired) electrons. The van der Waals surface area contributed by atoms with Crippen LogP contribution in [0.3, 0.4) is 0 Å². The predicted octanol–water partition coefficient (Wildman–Crippen LogP) is 2.86. The van der Waals surface area contributed by atoms with E-state index in [1.54, 1.807) is 0 Å². The molecule has 0 aliphatic heterocycles. The molecular formula is C12H12ClNO2. The van der Waals surface area contributed by atoms with Gasteiger partial charge in [0.2, 0.25) is 0 Å². The first-order valence-corrected chi connectivity index (χ1v) is 5.16. The fraction of sp³-hybridized carbons (Fsp3) is 0.167. The lowest BCUT2D eigenvalue weighted by molar-refractivity contribution is -0.106. The quantitative estimate of drug-likeness (QED) is 0.342. The highest BCUT2D eigenvalue weighted by molar-refractivity contribution is 6.81. The monoisotopic (exact) mass is 237 g/mol. The summed E-state index contributed by atoms with van der Waals surface area (Å²) in [6.07, 6.45) is 3.72. The summed E-state index contributed by atoms with van der Waals surface area (Å²) in [4.78, 5) is 15.4. The summed E-state index contributed by atoms with van der Waals surface area (Å²) in [5.41, 5.74) is 1.23. The van der Waals surface area contributed by atoms with Crippen LogP contribution < -0.4 is 0 Å². The summed E-state index contributed by atoms with van der Waals surface area (Å²) in [6, 6.07) is 9.82. The number of oxime groups is 1. The van der Waals surface area contributed by atoms with Crippen LogP contribution in [0, 0.1) is 0 Å². The van der Waals surface area contributed by atoms with E-state index in [1.165, 1.54) is 6.92 Å². The van der Waals surface area contributed by atoms with E-state index < -0.39 is 5.24 Å². The number of halogens is 1. The molecule has 0 fully saturated rings. The van der Waals surface area contributed by atoms with Crippen LogP contribution in [-0.2, 0) is 9.63 Å². The van der Waals surface area contributed by atoms with Gasteiger partial charge in [0.1, 0.15) is 12.3 Å². The van der Waals surface area contributed by atoms with Crippen molar-refractivity contribution in [2.75, 3.05) is 6.61 Å². The fourth-order valence-electron chi connectivity index (χ4n) is 0.961. The van der Waals surface area contributed by atoms with Gasteiger partial charge in [-0.25, -0.2) is 0 Å². The minimum atomic E-state index is -0.605. The number of carbonyl (C=O) groups is 1. The van der Waals surface area contributed by atoms with Gasteiger partial charge in [0.05, 0.1) is 0 Å². The van der Waals surface area contributed by atoms with Gasteiger partial charge in [0.25, 0.3) is 5.24 Å². The van der Waals surface area contributed by atoms with Gasteiger partial charge in [-0.3, -0.25) is 4.79 Å². The molecule has 84 valence electrons. The van der Waals surface area contributed by atoms with Crippen molar-refractivity contribution in [3.63, 3.8) is 0 Å². The van der Waals surface area contributed by atoms with Crippen LogP contribution in [-0.4, -0.2) is 17.6 Å². The van der Waals surface area contributed by atoms with Crippen molar-refractivity contribution in [2.24, 2.45) is 5.16 Å². The van der Waals surface area contributed by atoms with Gasteiger partial charge in [-0.2, -0.15) is 0 Å². The SMILES string of the molecule is C/C(=N/OC/C=C/c1ccccc1)C(=O)Cl. The second kappa shape index (κ2) is 6.80. The molecule has 0 atom stereocenters. The summed E-state index contributed by atoms with van der Waals surface area (Å²) >= 11 is 5.17. The lowest BCUT2D eigenvalue weighted by Crippen LogP contribution is -2.02. The van der Waals surface area contributed by atoms with Crippen LogP contribution in [0.15, 0.2) is 41.6 Å². The molecule has 0 saturated heterocycles. The molecule has 0 heterocycles. The van der Waals surface area contributed by atoms with Crippen molar-refractivity contribution in [2.45, 2.75) is 6.92 Å². The highest BCUT2D eigenvalue weighted by atomic mass is 35.5. The van der Waals surface area contributed by atoms with Crippen LogP contribution in [0.2, 0.25) is 0 Å². The summed E-state index contributed by atoms with van der Waals surface area (Å²) < 4.78 is 0. The first-order valence-electron chi connectivity index (χ1n) is 4.78. The molecule has 0 amide bonds. The summed E-state index contributed by atoms with van der Waals surface area (Å²) in [7, 11) is 0. The van der Waals surface area contributed by atoms with Crippen LogP contribution in [0.25, 0.3) is 6.08 Å². The van der Waals surface area contributed by atoms with E-state index in [-0.39, 0.29) is 5.71 Å². The highest BCUT2D eigenvalue weighted by Gasteiger charge is 1.99. The number of hydrogen-bond donors (Lipinski definition) is 0. The van der Waals surface area contributed by atoms with E-state index in [0.29, 0.717) is 6.61 Å². The van der Waals surface area contributed by atoms with Gasteiger partial charge in [-0.15, -0.1) is 0 Å². The van der Waals surface area contributed by atoms with Crippen molar-refractivity contribution in [1.82, 2.24) is 0 Å².